The van der Waals surface area contributed by atoms with Crippen LogP contribution in [-0.2, 0) is 16.6 Å². The first-order valence-corrected chi connectivity index (χ1v) is 7.59. The van der Waals surface area contributed by atoms with Crippen LogP contribution in [0, 0.1) is 0 Å². The summed E-state index contributed by atoms with van der Waals surface area (Å²) in [5.74, 6) is 0.435. The van der Waals surface area contributed by atoms with Crippen molar-refractivity contribution in [3.63, 3.8) is 0 Å². The van der Waals surface area contributed by atoms with E-state index in [0.717, 1.165) is 10.8 Å². The Morgan fingerprint density at radius 3 is 2.57 bits per heavy atom. The lowest BCUT2D eigenvalue weighted by Crippen LogP contribution is -2.12. The van der Waals surface area contributed by atoms with Gasteiger partial charge in [-0.3, -0.25) is 4.57 Å². The molecule has 0 fully saturated rings. The van der Waals surface area contributed by atoms with Gasteiger partial charge in [0, 0.05) is 17.2 Å². The second kappa shape index (κ2) is 5.48. The summed E-state index contributed by atoms with van der Waals surface area (Å²) >= 11 is 1.49. The predicted molar refractivity (Wildman–Crippen MR) is 83.1 cm³/mol. The zero-order valence-electron chi connectivity index (χ0n) is 12.9. The highest BCUT2D eigenvalue weighted by Crippen LogP contribution is 2.29. The van der Waals surface area contributed by atoms with Crippen molar-refractivity contribution in [2.24, 2.45) is 0 Å². The molecule has 0 saturated heterocycles. The van der Waals surface area contributed by atoms with E-state index in [0.29, 0.717) is 12.2 Å². The van der Waals surface area contributed by atoms with Crippen molar-refractivity contribution in [3.05, 3.63) is 22.6 Å². The topological polar surface area (TPSA) is 83.0 Å². The van der Waals surface area contributed by atoms with E-state index in [-0.39, 0.29) is 16.9 Å². The van der Waals surface area contributed by atoms with Gasteiger partial charge in [-0.1, -0.05) is 27.7 Å². The van der Waals surface area contributed by atoms with Crippen molar-refractivity contribution < 1.29 is 9.53 Å². The van der Waals surface area contributed by atoms with Crippen molar-refractivity contribution in [2.75, 3.05) is 12.8 Å². The Labute approximate surface area is 128 Å². The third-order valence-corrected chi connectivity index (χ3v) is 3.96. The molecule has 6 nitrogen and oxygen atoms in total. The largest absolute Gasteiger partial charge is 0.464 e. The molecule has 0 bridgehead atoms. The number of ether oxygens (including phenoxy) is 1. The molecular weight excluding hydrogens is 288 g/mol. The van der Waals surface area contributed by atoms with E-state index in [4.69, 9.17) is 10.5 Å². The molecule has 0 unspecified atom stereocenters. The van der Waals surface area contributed by atoms with E-state index in [1.807, 2.05) is 12.3 Å². The summed E-state index contributed by atoms with van der Waals surface area (Å²) in [6.45, 7) is 8.26. The molecule has 0 aliphatic rings. The molecule has 0 saturated carbocycles. The number of carbonyl (C=O) groups is 1. The molecule has 2 heterocycles. The van der Waals surface area contributed by atoms with E-state index in [1.54, 1.807) is 4.57 Å². The number of nitrogens with zero attached hydrogens (tertiary/aromatic N) is 3. The van der Waals surface area contributed by atoms with Crippen molar-refractivity contribution in [1.29, 1.82) is 0 Å². The summed E-state index contributed by atoms with van der Waals surface area (Å²) in [6.07, 6.45) is 0.644. The van der Waals surface area contributed by atoms with Gasteiger partial charge in [0.05, 0.1) is 12.8 Å². The van der Waals surface area contributed by atoms with Crippen LogP contribution in [0.5, 0.6) is 0 Å². The number of rotatable bonds is 3. The van der Waals surface area contributed by atoms with Crippen LogP contribution in [0.15, 0.2) is 5.38 Å². The monoisotopic (exact) mass is 308 g/mol. The highest BCUT2D eigenvalue weighted by atomic mass is 32.1. The first-order valence-electron chi connectivity index (χ1n) is 6.71. The number of esters is 1. The van der Waals surface area contributed by atoms with E-state index >= 15 is 0 Å². The number of nitrogen functional groups attached to an aromatic ring is 1. The minimum atomic E-state index is -0.534. The molecule has 2 rings (SSSR count). The second-order valence-electron chi connectivity index (χ2n) is 5.71. The van der Waals surface area contributed by atoms with Crippen LogP contribution in [0.1, 0.15) is 49.7 Å². The van der Waals surface area contributed by atoms with Gasteiger partial charge >= 0.3 is 5.97 Å². The molecular formula is C14H20N4O2S. The Hall–Kier alpha value is -1.89. The van der Waals surface area contributed by atoms with E-state index in [9.17, 15) is 4.79 Å². The molecule has 0 aliphatic carbocycles. The summed E-state index contributed by atoms with van der Waals surface area (Å²) in [5.41, 5.74) is 7.16. The number of methoxy groups -OCH3 is 1. The first kappa shape index (κ1) is 15.5. The lowest BCUT2D eigenvalue weighted by atomic mass is 9.93. The molecule has 0 aromatic carbocycles. The number of imidazole rings is 1. The highest BCUT2D eigenvalue weighted by Gasteiger charge is 2.24. The number of nitrogens with two attached hydrogens (primary N) is 1. The maximum absolute atomic E-state index is 11.7. The van der Waals surface area contributed by atoms with Crippen molar-refractivity contribution >= 4 is 23.1 Å². The SMILES string of the molecule is CCc1nc(C(=O)OC)c(N)n1-c1nc(C(C)(C)C)cs1. The fourth-order valence-corrected chi connectivity index (χ4v) is 2.97. The zero-order chi connectivity index (χ0) is 15.8. The Kier molecular flexibility index (Phi) is 4.04. The van der Waals surface area contributed by atoms with Gasteiger partial charge < -0.3 is 10.5 Å². The van der Waals surface area contributed by atoms with Crippen molar-refractivity contribution in [2.45, 2.75) is 39.5 Å². The molecule has 7 heteroatoms. The number of hydrogen-bond donors (Lipinski definition) is 1. The molecule has 0 aliphatic heterocycles. The lowest BCUT2D eigenvalue weighted by molar-refractivity contribution is 0.0596. The van der Waals surface area contributed by atoms with Gasteiger partial charge in [0.25, 0.3) is 0 Å². The van der Waals surface area contributed by atoms with Gasteiger partial charge in [-0.15, -0.1) is 11.3 Å². The summed E-state index contributed by atoms with van der Waals surface area (Å²) in [7, 11) is 1.31. The summed E-state index contributed by atoms with van der Waals surface area (Å²) in [6, 6.07) is 0. The number of anilines is 1. The van der Waals surface area contributed by atoms with Crippen LogP contribution in [0.25, 0.3) is 5.13 Å². The van der Waals surface area contributed by atoms with Crippen LogP contribution < -0.4 is 5.73 Å². The van der Waals surface area contributed by atoms with Crippen LogP contribution in [0.3, 0.4) is 0 Å². The molecule has 0 radical (unpaired) electrons. The highest BCUT2D eigenvalue weighted by molar-refractivity contribution is 7.12. The van der Waals surface area contributed by atoms with E-state index in [2.05, 4.69) is 30.7 Å². The van der Waals surface area contributed by atoms with Crippen molar-refractivity contribution in [3.8, 4) is 5.13 Å². The molecule has 21 heavy (non-hydrogen) atoms. The molecule has 2 aromatic rings. The smallest absolute Gasteiger partial charge is 0.360 e. The number of aromatic nitrogens is 3. The second-order valence-corrected chi connectivity index (χ2v) is 6.54. The number of carbonyl (C=O) groups excluding carboxylic acids is 1. The predicted octanol–water partition coefficient (Wildman–Crippen LogP) is 2.56. The minimum Gasteiger partial charge on any atom is -0.464 e. The quantitative estimate of drug-likeness (QED) is 0.881. The molecule has 114 valence electrons. The summed E-state index contributed by atoms with van der Waals surface area (Å²) in [4.78, 5) is 20.6. The molecule has 2 aromatic heterocycles. The number of hydrogen-bond acceptors (Lipinski definition) is 6. The van der Waals surface area contributed by atoms with Gasteiger partial charge in [0.2, 0.25) is 0 Å². The third kappa shape index (κ3) is 2.78. The van der Waals surface area contributed by atoms with Gasteiger partial charge in [-0.25, -0.2) is 14.8 Å². The number of aryl methyl sites for hydroxylation is 1. The average Bonchev–Trinajstić information content (AvgIpc) is 3.01. The van der Waals surface area contributed by atoms with Gasteiger partial charge in [0.15, 0.2) is 10.8 Å². The zero-order valence-corrected chi connectivity index (χ0v) is 13.7. The van der Waals surface area contributed by atoms with E-state index in [1.165, 1.54) is 18.4 Å². The molecule has 2 N–H and O–H groups in total. The van der Waals surface area contributed by atoms with Crippen LogP contribution in [0.4, 0.5) is 5.82 Å². The minimum absolute atomic E-state index is 0.0400. The maximum atomic E-state index is 11.7. The average molecular weight is 308 g/mol. The Balaban J connectivity index is 2.55. The third-order valence-electron chi connectivity index (χ3n) is 3.13. The van der Waals surface area contributed by atoms with Gasteiger partial charge in [-0.05, 0) is 0 Å². The molecule has 0 spiro atoms. The number of thiazole rings is 1. The molecule has 0 amide bonds. The lowest BCUT2D eigenvalue weighted by Gasteiger charge is -2.14. The fraction of sp³-hybridized carbons (Fsp3) is 0.500. The Morgan fingerprint density at radius 1 is 1.43 bits per heavy atom. The van der Waals surface area contributed by atoms with Crippen LogP contribution in [-0.4, -0.2) is 27.6 Å². The van der Waals surface area contributed by atoms with Crippen LogP contribution >= 0.6 is 11.3 Å². The Bertz CT molecular complexity index is 667. The standard InChI is InChI=1S/C14H20N4O2S/c1-6-9-17-10(12(19)20-5)11(15)18(9)13-16-8(7-21-13)14(2,3)4/h7H,6,15H2,1-5H3. The van der Waals surface area contributed by atoms with Crippen molar-refractivity contribution in [1.82, 2.24) is 14.5 Å². The van der Waals surface area contributed by atoms with Gasteiger partial charge in [0.1, 0.15) is 11.6 Å². The first-order chi connectivity index (χ1) is 9.79. The molecule has 0 atom stereocenters. The van der Waals surface area contributed by atoms with Gasteiger partial charge in [-0.2, -0.15) is 0 Å². The maximum Gasteiger partial charge on any atom is 0.360 e. The van der Waals surface area contributed by atoms with Crippen LogP contribution in [0.2, 0.25) is 0 Å². The van der Waals surface area contributed by atoms with E-state index < -0.39 is 5.97 Å². The summed E-state index contributed by atoms with van der Waals surface area (Å²) < 4.78 is 6.44. The fourth-order valence-electron chi connectivity index (χ4n) is 1.89. The summed E-state index contributed by atoms with van der Waals surface area (Å²) in [5, 5.41) is 2.73. The normalized spacial score (nSPS) is 11.7. The Morgan fingerprint density at radius 2 is 2.10 bits per heavy atom.